The van der Waals surface area contributed by atoms with Crippen LogP contribution in [0.2, 0.25) is 5.02 Å². The summed E-state index contributed by atoms with van der Waals surface area (Å²) in [5, 5.41) is 3.43. The summed E-state index contributed by atoms with van der Waals surface area (Å²) < 4.78 is 0. The Hall–Kier alpha value is -2.46. The van der Waals surface area contributed by atoms with Crippen LogP contribution in [0.5, 0.6) is 0 Å². The maximum atomic E-state index is 13.1. The second kappa shape index (κ2) is 8.91. The lowest BCUT2D eigenvalue weighted by atomic mass is 9.85. The molecule has 0 saturated heterocycles. The van der Waals surface area contributed by atoms with Gasteiger partial charge in [-0.1, -0.05) is 48.4 Å². The Morgan fingerprint density at radius 3 is 2.62 bits per heavy atom. The normalized spacial score (nSPS) is 18.9. The molecule has 1 amide bonds. The van der Waals surface area contributed by atoms with Gasteiger partial charge in [-0.15, -0.1) is 0 Å². The number of carbonyl (C=O) groups excluding carboxylic acids is 3. The van der Waals surface area contributed by atoms with E-state index in [-0.39, 0.29) is 30.3 Å². The molecule has 0 heterocycles. The molecule has 1 N–H and O–H groups in total. The molecule has 152 valence electrons. The highest BCUT2D eigenvalue weighted by atomic mass is 35.5. The van der Waals surface area contributed by atoms with Crippen LogP contribution in [-0.4, -0.2) is 17.5 Å². The lowest BCUT2D eigenvalue weighted by Crippen LogP contribution is -2.27. The fraction of sp³-hybridized carbons (Fsp3) is 0.375. The van der Waals surface area contributed by atoms with Crippen molar-refractivity contribution in [3.05, 3.63) is 69.2 Å². The van der Waals surface area contributed by atoms with Gasteiger partial charge in [0.25, 0.3) is 0 Å². The SMILES string of the molecule is CCc1cc(C)cc(C)c1C1C(=O)CC(CC(=O)NCc2cccc(Cl)c2)C1=O. The Bertz CT molecular complexity index is 967. The van der Waals surface area contributed by atoms with Gasteiger partial charge in [0.1, 0.15) is 11.7 Å². The predicted octanol–water partition coefficient (Wildman–Crippen LogP) is 4.47. The minimum Gasteiger partial charge on any atom is -0.352 e. The van der Waals surface area contributed by atoms with Crippen molar-refractivity contribution in [1.29, 1.82) is 0 Å². The van der Waals surface area contributed by atoms with Crippen molar-refractivity contribution in [2.45, 2.75) is 52.5 Å². The van der Waals surface area contributed by atoms with E-state index in [9.17, 15) is 14.4 Å². The predicted molar refractivity (Wildman–Crippen MR) is 114 cm³/mol. The molecule has 2 unspecified atom stereocenters. The molecule has 3 rings (SSSR count). The van der Waals surface area contributed by atoms with Gasteiger partial charge in [0.2, 0.25) is 5.91 Å². The zero-order valence-electron chi connectivity index (χ0n) is 17.0. The minimum atomic E-state index is -0.740. The van der Waals surface area contributed by atoms with Crippen molar-refractivity contribution in [2.24, 2.45) is 5.92 Å². The number of ketones is 2. The van der Waals surface area contributed by atoms with Gasteiger partial charge >= 0.3 is 0 Å². The molecule has 2 aromatic rings. The molecular weight excluding hydrogens is 386 g/mol. The van der Waals surface area contributed by atoms with Crippen molar-refractivity contribution in [2.75, 3.05) is 0 Å². The third-order valence-electron chi connectivity index (χ3n) is 5.55. The number of amides is 1. The standard InChI is InChI=1S/C24H26ClNO3/c1-4-17-9-14(2)8-15(3)22(17)23-20(27)11-18(24(23)29)12-21(28)26-13-16-6-5-7-19(25)10-16/h5-10,18,23H,4,11-13H2,1-3H3,(H,26,28). The lowest BCUT2D eigenvalue weighted by molar-refractivity contribution is -0.128. The van der Waals surface area contributed by atoms with Crippen molar-refractivity contribution in [3.8, 4) is 0 Å². The quantitative estimate of drug-likeness (QED) is 0.713. The van der Waals surface area contributed by atoms with Crippen LogP contribution in [0, 0.1) is 19.8 Å². The highest BCUT2D eigenvalue weighted by Crippen LogP contribution is 2.37. The summed E-state index contributed by atoms with van der Waals surface area (Å²) in [5.74, 6) is -1.74. The molecule has 29 heavy (non-hydrogen) atoms. The molecule has 2 atom stereocenters. The number of Topliss-reactive ketones (excluding diaryl/α,β-unsaturated/α-hetero) is 2. The van der Waals surface area contributed by atoms with E-state index in [1.54, 1.807) is 12.1 Å². The van der Waals surface area contributed by atoms with Gasteiger partial charge in [-0.05, 0) is 54.7 Å². The van der Waals surface area contributed by atoms with E-state index in [1.807, 2.05) is 45.0 Å². The summed E-state index contributed by atoms with van der Waals surface area (Å²) >= 11 is 5.96. The number of nitrogens with one attached hydrogen (secondary N) is 1. The summed E-state index contributed by atoms with van der Waals surface area (Å²) in [6, 6.07) is 11.3. The summed E-state index contributed by atoms with van der Waals surface area (Å²) in [4.78, 5) is 38.2. The second-order valence-electron chi connectivity index (χ2n) is 7.82. The maximum Gasteiger partial charge on any atom is 0.221 e. The largest absolute Gasteiger partial charge is 0.352 e. The van der Waals surface area contributed by atoms with E-state index in [0.717, 1.165) is 34.2 Å². The maximum absolute atomic E-state index is 13.1. The minimum absolute atomic E-state index is 0.0357. The molecule has 2 aromatic carbocycles. The summed E-state index contributed by atoms with van der Waals surface area (Å²) in [7, 11) is 0. The monoisotopic (exact) mass is 411 g/mol. The molecular formula is C24H26ClNO3. The second-order valence-corrected chi connectivity index (χ2v) is 8.26. The number of halogens is 1. The van der Waals surface area contributed by atoms with Crippen LogP contribution >= 0.6 is 11.6 Å². The Kier molecular flexibility index (Phi) is 6.53. The van der Waals surface area contributed by atoms with Crippen LogP contribution < -0.4 is 5.32 Å². The molecule has 4 nitrogen and oxygen atoms in total. The van der Waals surface area contributed by atoms with Gasteiger partial charge in [0.05, 0.1) is 0 Å². The molecule has 0 radical (unpaired) electrons. The topological polar surface area (TPSA) is 63.2 Å². The molecule has 1 aliphatic rings. The molecule has 0 spiro atoms. The van der Waals surface area contributed by atoms with Crippen LogP contribution in [0.4, 0.5) is 0 Å². The first kappa shape index (κ1) is 21.3. The number of aryl methyl sites for hydroxylation is 3. The van der Waals surface area contributed by atoms with Crippen molar-refractivity contribution >= 4 is 29.1 Å². The van der Waals surface area contributed by atoms with E-state index in [2.05, 4.69) is 5.32 Å². The van der Waals surface area contributed by atoms with E-state index in [1.165, 1.54) is 0 Å². The highest BCUT2D eigenvalue weighted by Gasteiger charge is 2.43. The summed E-state index contributed by atoms with van der Waals surface area (Å²) in [5.41, 5.74) is 4.87. The fourth-order valence-electron chi connectivity index (χ4n) is 4.25. The molecule has 1 fully saturated rings. The summed E-state index contributed by atoms with van der Waals surface area (Å²) in [6.07, 6.45) is 0.929. The first-order chi connectivity index (χ1) is 13.8. The number of carbonyl (C=O) groups is 3. The van der Waals surface area contributed by atoms with Crippen molar-refractivity contribution < 1.29 is 14.4 Å². The average Bonchev–Trinajstić information content (AvgIpc) is 2.93. The van der Waals surface area contributed by atoms with Crippen LogP contribution in [0.3, 0.4) is 0 Å². The number of hydrogen-bond donors (Lipinski definition) is 1. The zero-order valence-corrected chi connectivity index (χ0v) is 17.8. The zero-order chi connectivity index (χ0) is 21.1. The third kappa shape index (κ3) is 4.76. The van der Waals surface area contributed by atoms with Gasteiger partial charge in [-0.2, -0.15) is 0 Å². The average molecular weight is 412 g/mol. The van der Waals surface area contributed by atoms with Crippen LogP contribution in [0.1, 0.15) is 53.5 Å². The van der Waals surface area contributed by atoms with E-state index >= 15 is 0 Å². The highest BCUT2D eigenvalue weighted by molar-refractivity contribution is 6.30. The van der Waals surface area contributed by atoms with Crippen molar-refractivity contribution in [1.82, 2.24) is 5.32 Å². The molecule has 1 aliphatic carbocycles. The molecule has 0 aliphatic heterocycles. The van der Waals surface area contributed by atoms with E-state index in [0.29, 0.717) is 11.6 Å². The van der Waals surface area contributed by atoms with Gasteiger partial charge in [-0.25, -0.2) is 0 Å². The Morgan fingerprint density at radius 2 is 1.93 bits per heavy atom. The third-order valence-corrected chi connectivity index (χ3v) is 5.79. The van der Waals surface area contributed by atoms with Gasteiger partial charge in [-0.3, -0.25) is 14.4 Å². The van der Waals surface area contributed by atoms with Gasteiger partial charge < -0.3 is 5.32 Å². The molecule has 5 heteroatoms. The number of rotatable bonds is 6. The number of hydrogen-bond acceptors (Lipinski definition) is 3. The lowest BCUT2D eigenvalue weighted by Gasteiger charge is -2.18. The van der Waals surface area contributed by atoms with Crippen LogP contribution in [0.15, 0.2) is 36.4 Å². The molecule has 0 aromatic heterocycles. The van der Waals surface area contributed by atoms with Gasteiger partial charge in [0.15, 0.2) is 5.78 Å². The fourth-order valence-corrected chi connectivity index (χ4v) is 4.46. The Labute approximate surface area is 176 Å². The van der Waals surface area contributed by atoms with E-state index in [4.69, 9.17) is 11.6 Å². The Balaban J connectivity index is 1.70. The molecule has 1 saturated carbocycles. The molecule has 0 bridgehead atoms. The van der Waals surface area contributed by atoms with Crippen LogP contribution in [-0.2, 0) is 27.3 Å². The first-order valence-electron chi connectivity index (χ1n) is 9.97. The van der Waals surface area contributed by atoms with Crippen molar-refractivity contribution in [3.63, 3.8) is 0 Å². The van der Waals surface area contributed by atoms with E-state index < -0.39 is 11.8 Å². The van der Waals surface area contributed by atoms with Gasteiger partial charge in [0, 0.05) is 30.3 Å². The first-order valence-corrected chi connectivity index (χ1v) is 10.4. The summed E-state index contributed by atoms with van der Waals surface area (Å²) in [6.45, 7) is 6.34. The number of benzene rings is 2. The smallest absolute Gasteiger partial charge is 0.221 e. The van der Waals surface area contributed by atoms with Crippen LogP contribution in [0.25, 0.3) is 0 Å². The Morgan fingerprint density at radius 1 is 1.17 bits per heavy atom.